The van der Waals surface area contributed by atoms with Crippen LogP contribution < -0.4 is 31.3 Å². The molecule has 1 fully saturated rings. The Balaban J connectivity index is 1.18. The average Bonchev–Trinajstić information content (AvgIpc) is 3.90. The number of carbonyl (C=O) groups excluding carboxylic acids is 3. The Labute approximate surface area is 312 Å². The highest BCUT2D eigenvalue weighted by molar-refractivity contribution is 6.39. The molecule has 14 nitrogen and oxygen atoms in total. The van der Waals surface area contributed by atoms with Crippen LogP contribution >= 0.6 is 11.6 Å². The summed E-state index contributed by atoms with van der Waals surface area (Å²) in [4.78, 5) is 61.6. The van der Waals surface area contributed by atoms with Crippen molar-refractivity contribution < 1.29 is 42.2 Å². The van der Waals surface area contributed by atoms with Gasteiger partial charge in [0.1, 0.15) is 6.04 Å². The third kappa shape index (κ3) is 11.0. The first-order valence-corrected chi connectivity index (χ1v) is 17.1. The molecule has 0 bridgehead atoms. The number of anilines is 4. The first kappa shape index (κ1) is 39.2. The quantitative estimate of drug-likeness (QED) is 0.0805. The number of rotatable bonds is 15. The summed E-state index contributed by atoms with van der Waals surface area (Å²) in [6, 6.07) is 17.7. The van der Waals surface area contributed by atoms with Crippen LogP contribution in [0.3, 0.4) is 0 Å². The Bertz CT molecular complexity index is 1980. The second-order valence-corrected chi connectivity index (χ2v) is 13.2. The van der Waals surface area contributed by atoms with Crippen molar-refractivity contribution in [2.45, 2.75) is 56.8 Å². The zero-order valence-electron chi connectivity index (χ0n) is 29.0. The number of halogens is 4. The number of amides is 3. The summed E-state index contributed by atoms with van der Waals surface area (Å²) in [5, 5.41) is 23.4. The number of aliphatic carboxylic acids is 1. The molecule has 1 aliphatic carbocycles. The molecular formula is C36H36ClF3N8O6. The fourth-order valence-electron chi connectivity index (χ4n) is 5.16. The number of aromatic nitrogens is 3. The van der Waals surface area contributed by atoms with Gasteiger partial charge in [0.05, 0.1) is 5.54 Å². The van der Waals surface area contributed by atoms with Crippen molar-refractivity contribution in [3.8, 4) is 6.01 Å². The maximum atomic E-state index is 12.9. The Hall–Kier alpha value is -5.97. The van der Waals surface area contributed by atoms with Gasteiger partial charge < -0.3 is 36.4 Å². The van der Waals surface area contributed by atoms with E-state index in [1.54, 1.807) is 24.3 Å². The van der Waals surface area contributed by atoms with E-state index in [0.717, 1.165) is 11.1 Å². The van der Waals surface area contributed by atoms with E-state index < -0.39 is 54.1 Å². The van der Waals surface area contributed by atoms with Gasteiger partial charge in [0, 0.05) is 28.5 Å². The van der Waals surface area contributed by atoms with Gasteiger partial charge in [-0.05, 0) is 84.8 Å². The number of nitrogens with zero attached hydrogens (tertiary/aromatic N) is 3. The number of hydrogen-bond acceptors (Lipinski definition) is 10. The monoisotopic (exact) mass is 768 g/mol. The van der Waals surface area contributed by atoms with Crippen LogP contribution in [0.4, 0.5) is 36.4 Å². The number of ether oxygens (including phenoxy) is 1. The molecule has 18 heteroatoms. The highest BCUT2D eigenvalue weighted by atomic mass is 35.5. The molecule has 1 aliphatic rings. The molecular weight excluding hydrogens is 733 g/mol. The fourth-order valence-corrected chi connectivity index (χ4v) is 5.28. The molecule has 1 heterocycles. The highest BCUT2D eigenvalue weighted by Crippen LogP contribution is 2.48. The van der Waals surface area contributed by atoms with Crippen molar-refractivity contribution in [1.29, 1.82) is 0 Å². The van der Waals surface area contributed by atoms with Crippen LogP contribution in [0.1, 0.15) is 60.5 Å². The van der Waals surface area contributed by atoms with Crippen molar-refractivity contribution in [3.05, 3.63) is 94.5 Å². The molecule has 1 saturated carbocycles. The number of nitrogens with one attached hydrogen (secondary N) is 5. The van der Waals surface area contributed by atoms with E-state index in [9.17, 15) is 37.5 Å². The normalized spacial score (nSPS) is 13.7. The second-order valence-electron chi connectivity index (χ2n) is 12.7. The van der Waals surface area contributed by atoms with Gasteiger partial charge in [0.25, 0.3) is 5.91 Å². The van der Waals surface area contributed by atoms with E-state index in [1.165, 1.54) is 24.3 Å². The lowest BCUT2D eigenvalue weighted by Crippen LogP contribution is -2.44. The lowest BCUT2D eigenvalue weighted by molar-refractivity contribution is -0.154. The molecule has 3 amide bonds. The van der Waals surface area contributed by atoms with Crippen molar-refractivity contribution >= 4 is 58.6 Å². The largest absolute Gasteiger partial charge is 0.480 e. The SMILES string of the molecule is CC(C)c1ccc(NC(=O)C(=O)NCC[C@H](NC(=O)c2ccc(Nc3nc(NC4(c5ccc(Cl)cc5)CC4)nc(OCC(F)(F)F)n3)cc2)C(=O)O)cc1. The van der Waals surface area contributed by atoms with E-state index in [2.05, 4.69) is 41.5 Å². The van der Waals surface area contributed by atoms with Crippen molar-refractivity contribution in [1.82, 2.24) is 25.6 Å². The maximum absolute atomic E-state index is 12.9. The predicted molar refractivity (Wildman–Crippen MR) is 193 cm³/mol. The topological polar surface area (TPSA) is 197 Å². The molecule has 5 rings (SSSR count). The molecule has 284 valence electrons. The third-order valence-corrected chi connectivity index (χ3v) is 8.50. The van der Waals surface area contributed by atoms with Gasteiger partial charge in [0.15, 0.2) is 6.61 Å². The Morgan fingerprint density at radius 2 is 1.50 bits per heavy atom. The first-order valence-electron chi connectivity index (χ1n) is 16.7. The predicted octanol–water partition coefficient (Wildman–Crippen LogP) is 5.76. The van der Waals surface area contributed by atoms with Gasteiger partial charge in [-0.3, -0.25) is 14.4 Å². The first-order chi connectivity index (χ1) is 25.6. The average molecular weight is 769 g/mol. The van der Waals surface area contributed by atoms with Gasteiger partial charge in [-0.2, -0.15) is 28.1 Å². The Morgan fingerprint density at radius 1 is 0.870 bits per heavy atom. The maximum Gasteiger partial charge on any atom is 0.422 e. The molecule has 0 spiro atoms. The molecule has 3 aromatic carbocycles. The fraction of sp³-hybridized carbons (Fsp3) is 0.306. The van der Waals surface area contributed by atoms with Gasteiger partial charge in [0.2, 0.25) is 11.9 Å². The van der Waals surface area contributed by atoms with E-state index >= 15 is 0 Å². The summed E-state index contributed by atoms with van der Waals surface area (Å²) in [7, 11) is 0. The standard InChI is InChI=1S/C36H36ClF3N8O6/c1-20(2)21-3-11-25(12-4-21)42-30(51)29(50)41-18-15-27(31(52)53)44-28(49)22-5-13-26(14-6-22)43-32-45-33(47-34(46-32)54-19-36(38,39)40)48-35(16-17-35)23-7-9-24(37)10-8-23/h3-14,20,27H,15-19H2,1-2H3,(H,41,50)(H,42,51)(H,44,49)(H,52,53)(H2,43,45,46,47,48)/t27-/m0/s1. The van der Waals surface area contributed by atoms with Crippen molar-refractivity contribution in [3.63, 3.8) is 0 Å². The van der Waals surface area contributed by atoms with Crippen LogP contribution in [0.5, 0.6) is 6.01 Å². The van der Waals surface area contributed by atoms with Gasteiger partial charge in [-0.25, -0.2) is 4.79 Å². The molecule has 0 radical (unpaired) electrons. The summed E-state index contributed by atoms with van der Waals surface area (Å²) in [5.41, 5.74) is 2.20. The molecule has 1 atom stereocenters. The number of hydrogen-bond donors (Lipinski definition) is 6. The van der Waals surface area contributed by atoms with E-state index in [1.807, 2.05) is 38.1 Å². The Kier molecular flexibility index (Phi) is 12.2. The minimum atomic E-state index is -4.64. The van der Waals surface area contributed by atoms with Crippen LogP contribution in [0, 0.1) is 0 Å². The molecule has 0 unspecified atom stereocenters. The molecule has 0 saturated heterocycles. The number of carboxylic acid groups (broad SMARTS) is 1. The van der Waals surface area contributed by atoms with Crippen molar-refractivity contribution in [2.75, 3.05) is 29.1 Å². The summed E-state index contributed by atoms with van der Waals surface area (Å²) in [6.45, 7) is 2.18. The van der Waals surface area contributed by atoms with E-state index in [-0.39, 0.29) is 30.4 Å². The molecule has 0 aliphatic heterocycles. The van der Waals surface area contributed by atoms with Crippen LogP contribution in [-0.4, -0.2) is 69.1 Å². The summed E-state index contributed by atoms with van der Waals surface area (Å²) >= 11 is 6.02. The molecule has 54 heavy (non-hydrogen) atoms. The Morgan fingerprint density at radius 3 is 2.09 bits per heavy atom. The lowest BCUT2D eigenvalue weighted by atomic mass is 10.0. The van der Waals surface area contributed by atoms with Gasteiger partial charge >= 0.3 is 30.0 Å². The van der Waals surface area contributed by atoms with Crippen molar-refractivity contribution in [2.24, 2.45) is 0 Å². The van der Waals surface area contributed by atoms with Crippen LogP contribution in [-0.2, 0) is 19.9 Å². The number of carboxylic acids is 1. The van der Waals surface area contributed by atoms with E-state index in [4.69, 9.17) is 16.3 Å². The molecule has 4 aromatic rings. The number of carbonyl (C=O) groups is 4. The van der Waals surface area contributed by atoms with Crippen LogP contribution in [0.15, 0.2) is 72.8 Å². The molecule has 6 N–H and O–H groups in total. The van der Waals surface area contributed by atoms with Crippen LogP contribution in [0.2, 0.25) is 5.02 Å². The minimum absolute atomic E-state index is 0.0407. The highest BCUT2D eigenvalue weighted by Gasteiger charge is 2.45. The summed E-state index contributed by atoms with van der Waals surface area (Å²) in [6.07, 6.45) is -3.46. The third-order valence-electron chi connectivity index (χ3n) is 8.24. The van der Waals surface area contributed by atoms with Gasteiger partial charge in [-0.1, -0.05) is 49.7 Å². The number of benzene rings is 3. The zero-order valence-corrected chi connectivity index (χ0v) is 29.7. The summed E-state index contributed by atoms with van der Waals surface area (Å²) in [5.74, 6) is -3.92. The zero-order chi connectivity index (χ0) is 39.0. The van der Waals surface area contributed by atoms with Gasteiger partial charge in [-0.15, -0.1) is 0 Å². The molecule has 1 aromatic heterocycles. The second kappa shape index (κ2) is 16.8. The minimum Gasteiger partial charge on any atom is -0.480 e. The number of alkyl halides is 3. The van der Waals surface area contributed by atoms with E-state index in [0.29, 0.717) is 35.2 Å². The smallest absolute Gasteiger partial charge is 0.422 e. The lowest BCUT2D eigenvalue weighted by Gasteiger charge is -2.19. The van der Waals surface area contributed by atoms with Crippen LogP contribution in [0.25, 0.3) is 0 Å². The summed E-state index contributed by atoms with van der Waals surface area (Å²) < 4.78 is 43.6.